The van der Waals surface area contributed by atoms with Gasteiger partial charge in [0.15, 0.2) is 0 Å². The molecular weight excluding hydrogens is 376 g/mol. The number of benzene rings is 2. The number of carbonyl (C=O) groups is 1. The summed E-state index contributed by atoms with van der Waals surface area (Å²) in [5.41, 5.74) is 1.63. The molecule has 3 rings (SSSR count). The Kier molecular flexibility index (Phi) is 7.31. The third-order valence-electron chi connectivity index (χ3n) is 4.67. The monoisotopic (exact) mass is 402 g/mol. The normalized spacial score (nSPS) is 16.0. The molecule has 5 nitrogen and oxygen atoms in total. The predicted molar refractivity (Wildman–Crippen MR) is 111 cm³/mol. The van der Waals surface area contributed by atoms with E-state index in [0.29, 0.717) is 36.1 Å². The molecule has 1 aliphatic heterocycles. The topological polar surface area (TPSA) is 50.8 Å². The number of halogens is 1. The quantitative estimate of drug-likeness (QED) is 0.762. The van der Waals surface area contributed by atoms with Crippen molar-refractivity contribution < 1.29 is 14.3 Å². The highest BCUT2D eigenvalue weighted by atomic mass is 35.5. The first kappa shape index (κ1) is 20.6. The summed E-state index contributed by atoms with van der Waals surface area (Å²) in [4.78, 5) is 15.2. The van der Waals surface area contributed by atoms with Gasteiger partial charge in [-0.2, -0.15) is 0 Å². The number of rotatable bonds is 7. The maximum Gasteiger partial charge on any atom is 0.255 e. The molecule has 1 fully saturated rings. The van der Waals surface area contributed by atoms with Crippen molar-refractivity contribution in [1.82, 2.24) is 10.2 Å². The van der Waals surface area contributed by atoms with Crippen LogP contribution in [0, 0.1) is 0 Å². The zero-order chi connectivity index (χ0) is 19.9. The lowest BCUT2D eigenvalue weighted by molar-refractivity contribution is 0.0162. The van der Waals surface area contributed by atoms with Crippen LogP contribution in [-0.2, 0) is 4.74 Å². The average Bonchev–Trinajstić information content (AvgIpc) is 2.69. The predicted octanol–water partition coefficient (Wildman–Crippen LogP) is 3.93. The second kappa shape index (κ2) is 9.92. The van der Waals surface area contributed by atoms with Crippen LogP contribution in [0.1, 0.15) is 35.8 Å². The molecular formula is C22H27ClN2O3. The molecule has 0 spiro atoms. The molecule has 2 aromatic rings. The number of hydrogen-bond donors (Lipinski definition) is 1. The maximum absolute atomic E-state index is 12.9. The van der Waals surface area contributed by atoms with Gasteiger partial charge in [0.05, 0.1) is 30.9 Å². The van der Waals surface area contributed by atoms with Crippen molar-refractivity contribution in [3.63, 3.8) is 0 Å². The van der Waals surface area contributed by atoms with Gasteiger partial charge in [-0.25, -0.2) is 0 Å². The standard InChI is InChI=1S/C22H27ClN2O3/c1-16(2)28-21-9-4-3-8-19(21)22(26)24-15-20(25-10-12-27-13-11-25)17-6-5-7-18(23)14-17/h3-9,14,16,20H,10-13,15H2,1-2H3,(H,24,26). The largest absolute Gasteiger partial charge is 0.490 e. The van der Waals surface area contributed by atoms with Crippen LogP contribution < -0.4 is 10.1 Å². The van der Waals surface area contributed by atoms with E-state index in [1.54, 1.807) is 6.07 Å². The molecule has 0 bridgehead atoms. The van der Waals surface area contributed by atoms with Gasteiger partial charge in [-0.3, -0.25) is 9.69 Å². The van der Waals surface area contributed by atoms with E-state index in [9.17, 15) is 4.79 Å². The highest BCUT2D eigenvalue weighted by Crippen LogP contribution is 2.25. The van der Waals surface area contributed by atoms with Crippen molar-refractivity contribution in [3.05, 3.63) is 64.7 Å². The summed E-state index contributed by atoms with van der Waals surface area (Å²) in [5.74, 6) is 0.456. The summed E-state index contributed by atoms with van der Waals surface area (Å²) >= 11 is 6.21. The van der Waals surface area contributed by atoms with Gasteiger partial charge in [0.1, 0.15) is 5.75 Å². The van der Waals surface area contributed by atoms with Gasteiger partial charge in [-0.1, -0.05) is 35.9 Å². The SMILES string of the molecule is CC(C)Oc1ccccc1C(=O)NCC(c1cccc(Cl)c1)N1CCOCC1. The van der Waals surface area contributed by atoms with Crippen LogP contribution in [0.2, 0.25) is 5.02 Å². The Labute approximate surface area is 171 Å². The molecule has 0 aliphatic carbocycles. The van der Waals surface area contributed by atoms with Gasteiger partial charge >= 0.3 is 0 Å². The minimum atomic E-state index is -0.142. The Morgan fingerprint density at radius 3 is 2.64 bits per heavy atom. The molecule has 28 heavy (non-hydrogen) atoms. The minimum absolute atomic E-state index is 0.00140. The Bertz CT molecular complexity index is 791. The summed E-state index contributed by atoms with van der Waals surface area (Å²) in [6, 6.07) is 15.2. The maximum atomic E-state index is 12.9. The zero-order valence-corrected chi connectivity index (χ0v) is 17.1. The number of carbonyl (C=O) groups excluding carboxylic acids is 1. The van der Waals surface area contributed by atoms with E-state index in [0.717, 1.165) is 18.7 Å². The van der Waals surface area contributed by atoms with E-state index >= 15 is 0 Å². The summed E-state index contributed by atoms with van der Waals surface area (Å²) in [6.45, 7) is 7.39. The van der Waals surface area contributed by atoms with Crippen LogP contribution in [-0.4, -0.2) is 49.8 Å². The van der Waals surface area contributed by atoms with E-state index in [1.807, 2.05) is 56.3 Å². The van der Waals surface area contributed by atoms with Crippen LogP contribution in [0.4, 0.5) is 0 Å². The van der Waals surface area contributed by atoms with Gasteiger partial charge in [-0.15, -0.1) is 0 Å². The zero-order valence-electron chi connectivity index (χ0n) is 16.4. The lowest BCUT2D eigenvalue weighted by atomic mass is 10.0. The van der Waals surface area contributed by atoms with Crippen LogP contribution in [0.15, 0.2) is 48.5 Å². The highest BCUT2D eigenvalue weighted by Gasteiger charge is 2.24. The van der Waals surface area contributed by atoms with Crippen LogP contribution in [0.3, 0.4) is 0 Å². The van der Waals surface area contributed by atoms with E-state index < -0.39 is 0 Å². The molecule has 1 saturated heterocycles. The summed E-state index contributed by atoms with van der Waals surface area (Å²) in [5, 5.41) is 3.78. The fourth-order valence-corrected chi connectivity index (χ4v) is 3.56. The van der Waals surface area contributed by atoms with Gasteiger partial charge < -0.3 is 14.8 Å². The number of nitrogens with zero attached hydrogens (tertiary/aromatic N) is 1. The van der Waals surface area contributed by atoms with Crippen molar-refractivity contribution in [3.8, 4) is 5.75 Å². The lowest BCUT2D eigenvalue weighted by Gasteiger charge is -2.35. The first-order chi connectivity index (χ1) is 13.5. The minimum Gasteiger partial charge on any atom is -0.490 e. The molecule has 2 aromatic carbocycles. The lowest BCUT2D eigenvalue weighted by Crippen LogP contribution is -2.43. The number of ether oxygens (including phenoxy) is 2. The Balaban J connectivity index is 1.75. The van der Waals surface area contributed by atoms with E-state index in [1.165, 1.54) is 0 Å². The number of para-hydroxylation sites is 1. The molecule has 6 heteroatoms. The fourth-order valence-electron chi connectivity index (χ4n) is 3.36. The van der Waals surface area contributed by atoms with Crippen LogP contribution in [0.25, 0.3) is 0 Å². The molecule has 150 valence electrons. The second-order valence-corrected chi connectivity index (χ2v) is 7.53. The van der Waals surface area contributed by atoms with Gasteiger partial charge in [0.2, 0.25) is 0 Å². The van der Waals surface area contributed by atoms with Crippen molar-refractivity contribution in [1.29, 1.82) is 0 Å². The number of morpholine rings is 1. The molecule has 1 N–H and O–H groups in total. The first-order valence-corrected chi connectivity index (χ1v) is 10.0. The Morgan fingerprint density at radius 2 is 1.93 bits per heavy atom. The number of hydrogen-bond acceptors (Lipinski definition) is 4. The van der Waals surface area contributed by atoms with Crippen molar-refractivity contribution in [2.24, 2.45) is 0 Å². The molecule has 0 saturated carbocycles. The number of amides is 1. The highest BCUT2D eigenvalue weighted by molar-refractivity contribution is 6.30. The molecule has 0 aromatic heterocycles. The number of nitrogens with one attached hydrogen (secondary N) is 1. The van der Waals surface area contributed by atoms with E-state index in [4.69, 9.17) is 21.1 Å². The summed E-state index contributed by atoms with van der Waals surface area (Å²) in [7, 11) is 0. The molecule has 1 atom stereocenters. The van der Waals surface area contributed by atoms with Gasteiger partial charge in [-0.05, 0) is 43.7 Å². The van der Waals surface area contributed by atoms with Crippen molar-refractivity contribution in [2.45, 2.75) is 26.0 Å². The Morgan fingerprint density at radius 1 is 1.18 bits per heavy atom. The van der Waals surface area contributed by atoms with E-state index in [-0.39, 0.29) is 18.1 Å². The average molecular weight is 403 g/mol. The molecule has 0 radical (unpaired) electrons. The van der Waals surface area contributed by atoms with Gasteiger partial charge in [0.25, 0.3) is 5.91 Å². The summed E-state index contributed by atoms with van der Waals surface area (Å²) in [6.07, 6.45) is 0.00140. The van der Waals surface area contributed by atoms with Crippen molar-refractivity contribution >= 4 is 17.5 Å². The van der Waals surface area contributed by atoms with Crippen LogP contribution >= 0.6 is 11.6 Å². The first-order valence-electron chi connectivity index (χ1n) is 9.65. The molecule has 1 aliphatic rings. The third-order valence-corrected chi connectivity index (χ3v) is 4.91. The van der Waals surface area contributed by atoms with Crippen LogP contribution in [0.5, 0.6) is 5.75 Å². The summed E-state index contributed by atoms with van der Waals surface area (Å²) < 4.78 is 11.3. The smallest absolute Gasteiger partial charge is 0.255 e. The van der Waals surface area contributed by atoms with Gasteiger partial charge in [0, 0.05) is 24.7 Å². The molecule has 1 amide bonds. The van der Waals surface area contributed by atoms with Crippen molar-refractivity contribution in [2.75, 3.05) is 32.8 Å². The fraction of sp³-hybridized carbons (Fsp3) is 0.409. The molecule has 1 heterocycles. The third kappa shape index (κ3) is 5.47. The second-order valence-electron chi connectivity index (χ2n) is 7.09. The van der Waals surface area contributed by atoms with E-state index in [2.05, 4.69) is 10.2 Å². The molecule has 1 unspecified atom stereocenters. The Hall–Kier alpha value is -2.08.